The third-order valence-electron chi connectivity index (χ3n) is 4.89. The Kier molecular flexibility index (Phi) is 6.55. The van der Waals surface area contributed by atoms with E-state index in [1.807, 2.05) is 30.3 Å². The third kappa shape index (κ3) is 5.12. The average molecular weight is 465 g/mol. The number of carbonyl (C=O) groups excluding carboxylic acids is 2. The summed E-state index contributed by atoms with van der Waals surface area (Å²) in [5.41, 5.74) is 1.99. The van der Waals surface area contributed by atoms with Gasteiger partial charge in [0.15, 0.2) is 5.82 Å². The number of aryl methyl sites for hydroxylation is 2. The van der Waals surface area contributed by atoms with Crippen LogP contribution in [0.3, 0.4) is 0 Å². The van der Waals surface area contributed by atoms with Gasteiger partial charge in [0.05, 0.1) is 12.2 Å². The second-order valence-corrected chi connectivity index (χ2v) is 7.76. The van der Waals surface area contributed by atoms with Gasteiger partial charge in [-0.25, -0.2) is 9.48 Å². The molecule has 0 radical (unpaired) electrons. The Morgan fingerprint density at radius 2 is 1.76 bits per heavy atom. The molecule has 8 nitrogen and oxygen atoms in total. The molecule has 1 N–H and O–H groups in total. The minimum atomic E-state index is -1.23. The van der Waals surface area contributed by atoms with E-state index in [0.717, 1.165) is 5.56 Å². The van der Waals surface area contributed by atoms with Gasteiger partial charge >= 0.3 is 5.97 Å². The number of nitrogens with one attached hydrogen (secondary N) is 1. The molecule has 2 heterocycles. The lowest BCUT2D eigenvalue weighted by Gasteiger charge is -2.17. The SMILES string of the molecule is Cc1cc(NC(=O)C(OC(=O)c2c(C)nn(Cc3ccccc3)c2Cl)c2ccccc2)no1. The number of carbonyl (C=O) groups is 2. The maximum Gasteiger partial charge on any atom is 0.344 e. The molecule has 2 aromatic heterocycles. The number of amides is 1. The molecule has 4 rings (SSSR count). The number of anilines is 1. The molecule has 0 fully saturated rings. The van der Waals surface area contributed by atoms with E-state index in [9.17, 15) is 9.59 Å². The summed E-state index contributed by atoms with van der Waals surface area (Å²) in [5, 5.41) is 10.9. The summed E-state index contributed by atoms with van der Waals surface area (Å²) in [5.74, 6) is -0.573. The monoisotopic (exact) mass is 464 g/mol. The van der Waals surface area contributed by atoms with Crippen molar-refractivity contribution in [2.75, 3.05) is 5.32 Å². The molecule has 0 saturated heterocycles. The van der Waals surface area contributed by atoms with Crippen LogP contribution in [0.4, 0.5) is 5.82 Å². The van der Waals surface area contributed by atoms with E-state index < -0.39 is 18.0 Å². The quantitative estimate of drug-likeness (QED) is 0.397. The zero-order chi connectivity index (χ0) is 23.4. The zero-order valence-electron chi connectivity index (χ0n) is 18.0. The second kappa shape index (κ2) is 9.70. The van der Waals surface area contributed by atoms with Gasteiger partial charge in [0.1, 0.15) is 16.5 Å². The Bertz CT molecular complexity index is 1270. The summed E-state index contributed by atoms with van der Waals surface area (Å²) in [6.07, 6.45) is -1.23. The van der Waals surface area contributed by atoms with Crippen molar-refractivity contribution >= 4 is 29.3 Å². The molecule has 0 bridgehead atoms. The Morgan fingerprint density at radius 3 is 2.39 bits per heavy atom. The Labute approximate surface area is 195 Å². The number of aromatic nitrogens is 3. The van der Waals surface area contributed by atoms with E-state index in [1.54, 1.807) is 50.2 Å². The number of esters is 1. The molecule has 4 aromatic rings. The van der Waals surface area contributed by atoms with Crippen molar-refractivity contribution in [3.05, 3.63) is 100 Å². The van der Waals surface area contributed by atoms with Gasteiger partial charge in [-0.3, -0.25) is 4.79 Å². The van der Waals surface area contributed by atoms with E-state index in [-0.39, 0.29) is 16.5 Å². The minimum absolute atomic E-state index is 0.110. The predicted octanol–water partition coefficient (Wildman–Crippen LogP) is 4.73. The number of benzene rings is 2. The first-order valence-electron chi connectivity index (χ1n) is 10.2. The molecule has 9 heteroatoms. The predicted molar refractivity (Wildman–Crippen MR) is 122 cm³/mol. The first-order chi connectivity index (χ1) is 15.9. The van der Waals surface area contributed by atoms with Crippen LogP contribution in [0.5, 0.6) is 0 Å². The van der Waals surface area contributed by atoms with Gasteiger partial charge in [0, 0.05) is 11.6 Å². The van der Waals surface area contributed by atoms with Gasteiger partial charge in [-0.1, -0.05) is 77.4 Å². The fraction of sp³-hybridized carbons (Fsp3) is 0.167. The summed E-state index contributed by atoms with van der Waals surface area (Å²) in [6.45, 7) is 3.76. The highest BCUT2D eigenvalue weighted by Gasteiger charge is 2.30. The number of ether oxygens (including phenoxy) is 1. The van der Waals surface area contributed by atoms with Crippen LogP contribution in [0.1, 0.15) is 39.0 Å². The first-order valence-corrected chi connectivity index (χ1v) is 10.6. The number of hydrogen-bond acceptors (Lipinski definition) is 6. The van der Waals surface area contributed by atoms with Gasteiger partial charge in [-0.05, 0) is 19.4 Å². The van der Waals surface area contributed by atoms with Crippen molar-refractivity contribution in [3.8, 4) is 0 Å². The molecule has 0 aliphatic carbocycles. The van der Waals surface area contributed by atoms with Crippen LogP contribution >= 0.6 is 11.6 Å². The average Bonchev–Trinajstić information content (AvgIpc) is 3.34. The summed E-state index contributed by atoms with van der Waals surface area (Å²) < 4.78 is 12.2. The van der Waals surface area contributed by atoms with Crippen molar-refractivity contribution in [1.82, 2.24) is 14.9 Å². The molecular formula is C24H21ClN4O4. The molecular weight excluding hydrogens is 444 g/mol. The Balaban J connectivity index is 1.58. The van der Waals surface area contributed by atoms with Gasteiger partial charge in [0.2, 0.25) is 6.10 Å². The van der Waals surface area contributed by atoms with E-state index in [0.29, 0.717) is 23.6 Å². The molecule has 2 aromatic carbocycles. The van der Waals surface area contributed by atoms with Crippen LogP contribution in [0, 0.1) is 13.8 Å². The lowest BCUT2D eigenvalue weighted by Crippen LogP contribution is -2.26. The van der Waals surface area contributed by atoms with Crippen LogP contribution in [-0.2, 0) is 16.1 Å². The first kappa shape index (κ1) is 22.3. The van der Waals surface area contributed by atoms with Crippen LogP contribution < -0.4 is 5.32 Å². The summed E-state index contributed by atoms with van der Waals surface area (Å²) in [4.78, 5) is 26.1. The minimum Gasteiger partial charge on any atom is -0.444 e. The van der Waals surface area contributed by atoms with Crippen LogP contribution in [0.15, 0.2) is 71.3 Å². The van der Waals surface area contributed by atoms with E-state index in [2.05, 4.69) is 15.6 Å². The normalized spacial score (nSPS) is 11.7. The number of halogens is 1. The molecule has 33 heavy (non-hydrogen) atoms. The zero-order valence-corrected chi connectivity index (χ0v) is 18.7. The van der Waals surface area contributed by atoms with Crippen LogP contribution in [-0.4, -0.2) is 26.8 Å². The molecule has 0 aliphatic heterocycles. The van der Waals surface area contributed by atoms with Crippen molar-refractivity contribution in [2.45, 2.75) is 26.5 Å². The molecule has 0 aliphatic rings. The maximum absolute atomic E-state index is 13.1. The summed E-state index contributed by atoms with van der Waals surface area (Å²) in [7, 11) is 0. The molecule has 0 spiro atoms. The van der Waals surface area contributed by atoms with Gasteiger partial charge < -0.3 is 14.6 Å². The van der Waals surface area contributed by atoms with Crippen molar-refractivity contribution < 1.29 is 18.8 Å². The summed E-state index contributed by atoms with van der Waals surface area (Å²) in [6, 6.07) is 19.9. The van der Waals surface area contributed by atoms with E-state index in [4.69, 9.17) is 20.9 Å². The highest BCUT2D eigenvalue weighted by Crippen LogP contribution is 2.26. The number of nitrogens with zero attached hydrogens (tertiary/aromatic N) is 3. The lowest BCUT2D eigenvalue weighted by molar-refractivity contribution is -0.125. The fourth-order valence-electron chi connectivity index (χ4n) is 3.33. The van der Waals surface area contributed by atoms with Crippen molar-refractivity contribution in [2.24, 2.45) is 0 Å². The van der Waals surface area contributed by atoms with E-state index >= 15 is 0 Å². The lowest BCUT2D eigenvalue weighted by atomic mass is 10.1. The number of rotatable bonds is 7. The molecule has 1 amide bonds. The topological polar surface area (TPSA) is 99.2 Å². The van der Waals surface area contributed by atoms with Crippen molar-refractivity contribution in [1.29, 1.82) is 0 Å². The largest absolute Gasteiger partial charge is 0.444 e. The Hall–Kier alpha value is -3.91. The third-order valence-corrected chi connectivity index (χ3v) is 5.27. The van der Waals surface area contributed by atoms with Crippen LogP contribution in [0.2, 0.25) is 5.15 Å². The van der Waals surface area contributed by atoms with Gasteiger partial charge in [-0.15, -0.1) is 0 Å². The maximum atomic E-state index is 13.1. The highest BCUT2D eigenvalue weighted by atomic mass is 35.5. The molecule has 0 saturated carbocycles. The smallest absolute Gasteiger partial charge is 0.344 e. The molecule has 1 unspecified atom stereocenters. The molecule has 168 valence electrons. The Morgan fingerprint density at radius 1 is 1.09 bits per heavy atom. The van der Waals surface area contributed by atoms with Crippen molar-refractivity contribution in [3.63, 3.8) is 0 Å². The summed E-state index contributed by atoms with van der Waals surface area (Å²) >= 11 is 6.49. The fourth-order valence-corrected chi connectivity index (χ4v) is 3.64. The number of hydrogen-bond donors (Lipinski definition) is 1. The highest BCUT2D eigenvalue weighted by molar-refractivity contribution is 6.32. The van der Waals surface area contributed by atoms with E-state index in [1.165, 1.54) is 4.68 Å². The molecule has 1 atom stereocenters. The van der Waals surface area contributed by atoms with Crippen LogP contribution in [0.25, 0.3) is 0 Å². The second-order valence-electron chi connectivity index (χ2n) is 7.40. The van der Waals surface area contributed by atoms with Gasteiger partial charge in [0.25, 0.3) is 5.91 Å². The van der Waals surface area contributed by atoms with Gasteiger partial charge in [-0.2, -0.15) is 5.10 Å². The standard InChI is InChI=1S/C24H21ClN4O4/c1-15-13-19(28-33-15)26-23(30)21(18-11-7-4-8-12-18)32-24(31)20-16(2)27-29(22(20)25)14-17-9-5-3-6-10-17/h3-13,21H,14H2,1-2H3,(H,26,28,30).